The molecule has 52 heavy (non-hydrogen) atoms. The molecule has 0 aliphatic carbocycles. The number of ether oxygens (including phenoxy) is 2. The van der Waals surface area contributed by atoms with Crippen LogP contribution in [0.25, 0.3) is 0 Å². The van der Waals surface area contributed by atoms with E-state index in [4.69, 9.17) is 15.2 Å². The van der Waals surface area contributed by atoms with Crippen molar-refractivity contribution in [2.24, 2.45) is 5.73 Å². The van der Waals surface area contributed by atoms with Gasteiger partial charge in [0.1, 0.15) is 12.1 Å². The van der Waals surface area contributed by atoms with E-state index in [9.17, 15) is 9.59 Å². The van der Waals surface area contributed by atoms with Gasteiger partial charge in [-0.15, -0.1) is 45.3 Å². The Morgan fingerprint density at radius 3 is 1.73 bits per heavy atom. The van der Waals surface area contributed by atoms with Gasteiger partial charge in [0.05, 0.1) is 21.4 Å². The molecule has 4 aromatic heterocycles. The quantitative estimate of drug-likeness (QED) is 0.0815. The van der Waals surface area contributed by atoms with E-state index < -0.39 is 11.6 Å². The summed E-state index contributed by atoms with van der Waals surface area (Å²) in [5, 5.41) is 11.9. The largest absolute Gasteiger partial charge is 0.459 e. The molecular formula is C39H59N5O4S4. The summed E-state index contributed by atoms with van der Waals surface area (Å²) >= 11 is 7.23. The fraction of sp³-hybridized carbons (Fsp3) is 0.590. The maximum atomic E-state index is 11.8. The number of aromatic nitrogens is 2. The summed E-state index contributed by atoms with van der Waals surface area (Å²) in [7, 11) is 0. The number of thiophene rings is 2. The number of urea groups is 1. The number of nitrogens with zero attached hydrogens (tertiary/aromatic N) is 2. The number of nitrogens with two attached hydrogens (primary N) is 1. The van der Waals surface area contributed by atoms with E-state index >= 15 is 0 Å². The highest BCUT2D eigenvalue weighted by atomic mass is 32.1. The normalized spacial score (nSPS) is 12.5. The molecule has 0 atom stereocenters. The highest BCUT2D eigenvalue weighted by Crippen LogP contribution is 2.26. The van der Waals surface area contributed by atoms with Gasteiger partial charge in [0.15, 0.2) is 0 Å². The van der Waals surface area contributed by atoms with Crippen LogP contribution in [0.15, 0.2) is 22.9 Å². The number of hydrogen-bond acceptors (Lipinski definition) is 11. The van der Waals surface area contributed by atoms with Gasteiger partial charge in [-0.3, -0.25) is 4.79 Å². The van der Waals surface area contributed by atoms with E-state index in [0.717, 1.165) is 81.1 Å². The van der Waals surface area contributed by atoms with Gasteiger partial charge in [0.2, 0.25) is 0 Å². The summed E-state index contributed by atoms with van der Waals surface area (Å²) in [4.78, 5) is 38.1. The highest BCUT2D eigenvalue weighted by Gasteiger charge is 2.16. The molecule has 9 nitrogen and oxygen atoms in total. The number of hydrogen-bond donors (Lipinski definition) is 3. The number of thiazole rings is 2. The van der Waals surface area contributed by atoms with Crippen molar-refractivity contribution in [1.82, 2.24) is 20.6 Å². The van der Waals surface area contributed by atoms with Gasteiger partial charge >= 0.3 is 12.0 Å². The lowest BCUT2D eigenvalue weighted by Gasteiger charge is -2.19. The van der Waals surface area contributed by atoms with Crippen LogP contribution in [0.1, 0.15) is 98.5 Å². The SMILES string of the molecule is C1CCOC1.Cc1nc(CCc2cc(C)c(CCCN)s2)cs1.Cc1nc(CCc2cc(C)c(CCCNC(=O)NCC(=O)OC(C)(C)C)s2)cs1. The summed E-state index contributed by atoms with van der Waals surface area (Å²) in [6, 6.07) is 4.24. The second-order valence-corrected chi connectivity index (χ2v) is 18.4. The molecular weight excluding hydrogens is 731 g/mol. The molecule has 0 unspecified atom stereocenters. The minimum absolute atomic E-state index is 0.130. The second kappa shape index (κ2) is 23.2. The van der Waals surface area contributed by atoms with E-state index in [-0.39, 0.29) is 12.6 Å². The predicted octanol–water partition coefficient (Wildman–Crippen LogP) is 8.47. The van der Waals surface area contributed by atoms with Crippen molar-refractivity contribution >= 4 is 57.3 Å². The molecule has 0 aromatic carbocycles. The number of carbonyl (C=O) groups excluding carboxylic acids is 2. The molecule has 5 rings (SSSR count). The third-order valence-electron chi connectivity index (χ3n) is 7.85. The first kappa shape index (κ1) is 43.7. The smallest absolute Gasteiger partial charge is 0.325 e. The van der Waals surface area contributed by atoms with Crippen molar-refractivity contribution in [3.05, 3.63) is 74.9 Å². The summed E-state index contributed by atoms with van der Waals surface area (Å²) < 4.78 is 10.1. The molecule has 1 aliphatic heterocycles. The van der Waals surface area contributed by atoms with Crippen LogP contribution in [0, 0.1) is 27.7 Å². The highest BCUT2D eigenvalue weighted by molar-refractivity contribution is 7.12. The van der Waals surface area contributed by atoms with Crippen LogP contribution in [-0.2, 0) is 52.8 Å². The standard InChI is InChI=1S/C21H31N3O3S2.C14H20N2S2.C4H8O/c1-14-11-17(9-8-16-13-28-15(2)24-16)29-18(14)7-6-10-22-20(26)23-12-19(25)27-21(3,4)5;1-10-8-13(18-14(10)4-3-7-15)6-5-12-9-17-11(2)16-12;1-2-4-5-3-1/h11,13H,6-10,12H2,1-5H3,(H2,22,23,26);8-9H,3-7,15H2,1-2H3;1-4H2. The third kappa shape index (κ3) is 17.9. The maximum absolute atomic E-state index is 11.8. The van der Waals surface area contributed by atoms with Crippen LogP contribution < -0.4 is 16.4 Å². The first-order chi connectivity index (χ1) is 24.8. The number of carbonyl (C=O) groups is 2. The number of nitrogens with one attached hydrogen (secondary N) is 2. The number of amides is 2. The van der Waals surface area contributed by atoms with Crippen molar-refractivity contribution in [3.63, 3.8) is 0 Å². The zero-order valence-corrected chi connectivity index (χ0v) is 35.4. The lowest BCUT2D eigenvalue weighted by Crippen LogP contribution is -2.40. The molecule has 288 valence electrons. The van der Waals surface area contributed by atoms with E-state index in [1.54, 1.807) is 43.4 Å². The Morgan fingerprint density at radius 2 is 1.31 bits per heavy atom. The van der Waals surface area contributed by atoms with Crippen LogP contribution in [0.4, 0.5) is 4.79 Å². The zero-order chi connectivity index (χ0) is 37.9. The molecule has 0 radical (unpaired) electrons. The maximum Gasteiger partial charge on any atom is 0.325 e. The van der Waals surface area contributed by atoms with Gasteiger partial charge < -0.3 is 25.8 Å². The average molecular weight is 790 g/mol. The Balaban J connectivity index is 0.000000266. The lowest BCUT2D eigenvalue weighted by molar-refractivity contribution is -0.153. The molecule has 5 heterocycles. The van der Waals surface area contributed by atoms with E-state index in [1.807, 2.05) is 29.6 Å². The third-order valence-corrected chi connectivity index (χ3v) is 12.2. The van der Waals surface area contributed by atoms with E-state index in [0.29, 0.717) is 6.54 Å². The molecule has 1 saturated heterocycles. The van der Waals surface area contributed by atoms with Gasteiger partial charge in [-0.1, -0.05) is 0 Å². The minimum Gasteiger partial charge on any atom is -0.459 e. The summed E-state index contributed by atoms with van der Waals surface area (Å²) in [6.45, 7) is 17.0. The fourth-order valence-electron chi connectivity index (χ4n) is 5.29. The Hall–Kier alpha value is -2.68. The molecule has 1 aliphatic rings. The monoisotopic (exact) mass is 789 g/mol. The van der Waals surface area contributed by atoms with Gasteiger partial charge in [0.25, 0.3) is 0 Å². The summed E-state index contributed by atoms with van der Waals surface area (Å²) in [6.07, 6.45) is 10.7. The molecule has 4 N–H and O–H groups in total. The Labute approximate surface area is 327 Å². The number of aryl methyl sites for hydroxylation is 10. The van der Waals surface area contributed by atoms with Gasteiger partial charge in [-0.25, -0.2) is 14.8 Å². The summed E-state index contributed by atoms with van der Waals surface area (Å²) in [5.41, 5.74) is 10.2. The van der Waals surface area contributed by atoms with Crippen LogP contribution >= 0.6 is 45.3 Å². The van der Waals surface area contributed by atoms with E-state index in [1.165, 1.54) is 54.9 Å². The van der Waals surface area contributed by atoms with Crippen molar-refractivity contribution in [3.8, 4) is 0 Å². The van der Waals surface area contributed by atoms with Crippen molar-refractivity contribution in [2.75, 3.05) is 32.8 Å². The Morgan fingerprint density at radius 1 is 0.788 bits per heavy atom. The molecule has 0 bridgehead atoms. The van der Waals surface area contributed by atoms with Crippen molar-refractivity contribution in [1.29, 1.82) is 0 Å². The van der Waals surface area contributed by atoms with Crippen LogP contribution in [0.2, 0.25) is 0 Å². The number of rotatable bonds is 15. The van der Waals surface area contributed by atoms with E-state index in [2.05, 4.69) is 64.3 Å². The van der Waals surface area contributed by atoms with Crippen LogP contribution in [0.5, 0.6) is 0 Å². The van der Waals surface area contributed by atoms with Crippen LogP contribution in [0.3, 0.4) is 0 Å². The fourth-order valence-corrected chi connectivity index (χ4v) is 9.03. The van der Waals surface area contributed by atoms with Crippen molar-refractivity contribution in [2.45, 2.75) is 118 Å². The van der Waals surface area contributed by atoms with Gasteiger partial charge in [0, 0.05) is 50.0 Å². The zero-order valence-electron chi connectivity index (χ0n) is 32.2. The molecule has 2 amide bonds. The number of esters is 1. The second-order valence-electron chi connectivity index (χ2n) is 13.9. The van der Waals surface area contributed by atoms with Crippen molar-refractivity contribution < 1.29 is 19.1 Å². The average Bonchev–Trinajstić information content (AvgIpc) is 3.94. The molecule has 4 aromatic rings. The van der Waals surface area contributed by atoms with Crippen LogP contribution in [-0.4, -0.2) is 60.4 Å². The molecule has 1 fully saturated rings. The molecule has 13 heteroatoms. The first-order valence-electron chi connectivity index (χ1n) is 18.3. The Bertz CT molecular complexity index is 1620. The first-order valence-corrected chi connectivity index (χ1v) is 21.7. The minimum atomic E-state index is -0.550. The molecule has 0 spiro atoms. The lowest BCUT2D eigenvalue weighted by atomic mass is 10.1. The van der Waals surface area contributed by atoms with Gasteiger partial charge in [-0.05, 0) is 142 Å². The summed E-state index contributed by atoms with van der Waals surface area (Å²) in [5.74, 6) is -0.442. The predicted molar refractivity (Wildman–Crippen MR) is 220 cm³/mol. The van der Waals surface area contributed by atoms with Gasteiger partial charge in [-0.2, -0.15) is 0 Å². The molecule has 0 saturated carbocycles. The topological polar surface area (TPSA) is 128 Å². The Kier molecular flexibility index (Phi) is 19.5.